The molecular weight excluding hydrogens is 505 g/mol. The molecule has 0 aromatic heterocycles. The number of para-hydroxylation sites is 1. The highest BCUT2D eigenvalue weighted by Gasteiger charge is 2.45. The van der Waals surface area contributed by atoms with Crippen LogP contribution in [-0.4, -0.2) is 54.5 Å². The van der Waals surface area contributed by atoms with Gasteiger partial charge in [-0.2, -0.15) is 0 Å². The van der Waals surface area contributed by atoms with Gasteiger partial charge in [0.1, 0.15) is 5.82 Å². The number of rotatable bonds is 8. The van der Waals surface area contributed by atoms with Crippen LogP contribution in [0, 0.1) is 11.7 Å². The van der Waals surface area contributed by atoms with Crippen LogP contribution in [0.4, 0.5) is 10.1 Å². The van der Waals surface area contributed by atoms with E-state index in [1.54, 1.807) is 12.1 Å². The number of allylic oxidation sites excluding steroid dienone is 1. The molecule has 2 aliphatic rings. The van der Waals surface area contributed by atoms with Gasteiger partial charge >= 0.3 is 0 Å². The van der Waals surface area contributed by atoms with Crippen LogP contribution in [0.25, 0.3) is 0 Å². The molecule has 3 aromatic rings. The van der Waals surface area contributed by atoms with Crippen molar-refractivity contribution in [2.24, 2.45) is 5.92 Å². The molecule has 0 spiro atoms. The summed E-state index contributed by atoms with van der Waals surface area (Å²) in [6, 6.07) is 25.7. The molecule has 6 nitrogen and oxygen atoms in total. The van der Waals surface area contributed by atoms with Crippen molar-refractivity contribution >= 4 is 17.5 Å². The fourth-order valence-electron chi connectivity index (χ4n) is 5.91. The summed E-state index contributed by atoms with van der Waals surface area (Å²) in [4.78, 5) is 31.4. The smallest absolute Gasteiger partial charge is 0.254 e. The summed E-state index contributed by atoms with van der Waals surface area (Å²) in [6.45, 7) is 6.87. The Labute approximate surface area is 235 Å². The van der Waals surface area contributed by atoms with E-state index in [4.69, 9.17) is 4.74 Å². The molecule has 0 radical (unpaired) electrons. The van der Waals surface area contributed by atoms with Crippen LogP contribution < -0.4 is 5.32 Å². The topological polar surface area (TPSA) is 61.9 Å². The zero-order valence-electron chi connectivity index (χ0n) is 23.1. The van der Waals surface area contributed by atoms with Crippen LogP contribution in [0.2, 0.25) is 0 Å². The van der Waals surface area contributed by atoms with E-state index in [9.17, 15) is 14.0 Å². The van der Waals surface area contributed by atoms with Crippen molar-refractivity contribution < 1.29 is 18.7 Å². The maximum Gasteiger partial charge on any atom is 0.254 e. The lowest BCUT2D eigenvalue weighted by Gasteiger charge is -2.35. The Morgan fingerprint density at radius 2 is 1.52 bits per heavy atom. The van der Waals surface area contributed by atoms with E-state index in [1.807, 2.05) is 65.6 Å². The van der Waals surface area contributed by atoms with Gasteiger partial charge in [0.15, 0.2) is 0 Å². The van der Waals surface area contributed by atoms with Gasteiger partial charge in [0.25, 0.3) is 5.91 Å². The molecule has 1 fully saturated rings. The maximum absolute atomic E-state index is 14.1. The Hall–Kier alpha value is -3.97. The first-order chi connectivity index (χ1) is 19.4. The Morgan fingerprint density at radius 3 is 2.15 bits per heavy atom. The molecule has 1 N–H and O–H groups in total. The zero-order chi connectivity index (χ0) is 28.1. The molecule has 7 heteroatoms. The molecule has 2 atom stereocenters. The molecule has 208 valence electrons. The summed E-state index contributed by atoms with van der Waals surface area (Å²) in [5, 5.41) is 3.11. The summed E-state index contributed by atoms with van der Waals surface area (Å²) in [6.07, 6.45) is 0.309. The minimum absolute atomic E-state index is 0.00618. The lowest BCUT2D eigenvalue weighted by atomic mass is 9.82. The maximum atomic E-state index is 14.1. The monoisotopic (exact) mass is 541 g/mol. The number of carbonyl (C=O) groups excluding carboxylic acids is 2. The van der Waals surface area contributed by atoms with Crippen molar-refractivity contribution in [3.63, 3.8) is 0 Å². The zero-order valence-corrected chi connectivity index (χ0v) is 23.1. The van der Waals surface area contributed by atoms with Crippen molar-refractivity contribution in [2.45, 2.75) is 32.2 Å². The number of halogens is 1. The van der Waals surface area contributed by atoms with E-state index in [0.717, 1.165) is 16.8 Å². The molecule has 0 saturated carbocycles. The van der Waals surface area contributed by atoms with Crippen LogP contribution in [0.15, 0.2) is 96.2 Å². The molecule has 1 saturated heterocycles. The van der Waals surface area contributed by atoms with Crippen molar-refractivity contribution in [1.29, 1.82) is 0 Å². The summed E-state index contributed by atoms with van der Waals surface area (Å²) in [7, 11) is 0. The number of nitrogens with zero attached hydrogens (tertiary/aromatic N) is 2. The number of hydrogen-bond acceptors (Lipinski definition) is 4. The summed E-state index contributed by atoms with van der Waals surface area (Å²) < 4.78 is 19.5. The highest BCUT2D eigenvalue weighted by atomic mass is 19.1. The van der Waals surface area contributed by atoms with Gasteiger partial charge in [-0.3, -0.25) is 9.59 Å². The predicted octanol–water partition coefficient (Wildman–Crippen LogP) is 5.76. The molecule has 2 aliphatic heterocycles. The molecule has 2 unspecified atom stereocenters. The molecule has 0 bridgehead atoms. The van der Waals surface area contributed by atoms with Crippen LogP contribution >= 0.6 is 0 Å². The first kappa shape index (κ1) is 27.6. The van der Waals surface area contributed by atoms with Crippen molar-refractivity contribution in [2.75, 3.05) is 38.2 Å². The molecule has 5 rings (SSSR count). The highest BCUT2D eigenvalue weighted by Crippen LogP contribution is 2.51. The number of nitrogens with one attached hydrogen (secondary N) is 1. The van der Waals surface area contributed by atoms with Gasteiger partial charge < -0.3 is 19.9 Å². The van der Waals surface area contributed by atoms with E-state index < -0.39 is 0 Å². The molecule has 3 aromatic carbocycles. The van der Waals surface area contributed by atoms with Gasteiger partial charge in [-0.05, 0) is 41.3 Å². The third-order valence-corrected chi connectivity index (χ3v) is 7.67. The van der Waals surface area contributed by atoms with Crippen LogP contribution in [0.5, 0.6) is 0 Å². The van der Waals surface area contributed by atoms with Crippen LogP contribution in [0.3, 0.4) is 0 Å². The number of carbonyl (C=O) groups is 2. The first-order valence-electron chi connectivity index (χ1n) is 14.0. The minimum atomic E-state index is -0.314. The number of morpholine rings is 1. The highest BCUT2D eigenvalue weighted by molar-refractivity contribution is 6.06. The van der Waals surface area contributed by atoms with Gasteiger partial charge in [-0.1, -0.05) is 74.5 Å². The van der Waals surface area contributed by atoms with E-state index in [-0.39, 0.29) is 35.5 Å². The molecule has 0 aliphatic carbocycles. The van der Waals surface area contributed by atoms with E-state index in [1.165, 1.54) is 12.1 Å². The van der Waals surface area contributed by atoms with Gasteiger partial charge in [-0.25, -0.2) is 4.39 Å². The van der Waals surface area contributed by atoms with Crippen LogP contribution in [-0.2, 0) is 14.3 Å². The Bertz CT molecular complexity index is 1340. The number of ether oxygens (including phenoxy) is 1. The summed E-state index contributed by atoms with van der Waals surface area (Å²) >= 11 is 0. The quantitative estimate of drug-likeness (QED) is 0.394. The van der Waals surface area contributed by atoms with E-state index in [0.29, 0.717) is 50.5 Å². The van der Waals surface area contributed by atoms with Gasteiger partial charge in [0.05, 0.1) is 19.3 Å². The lowest BCUT2D eigenvalue weighted by Crippen LogP contribution is -2.42. The molecule has 40 heavy (non-hydrogen) atoms. The SMILES string of the molecule is CC(C)C1=C(C(=O)Nc2ccccc2)C(c2ccccc2)C(c2ccc(F)cc2)N1CCC(=O)N1CCOCC1. The second kappa shape index (κ2) is 12.5. The minimum Gasteiger partial charge on any atom is -0.378 e. The Balaban J connectivity index is 1.59. The average molecular weight is 542 g/mol. The first-order valence-corrected chi connectivity index (χ1v) is 14.0. The summed E-state index contributed by atoms with van der Waals surface area (Å²) in [5.41, 5.74) is 4.20. The fraction of sp³-hybridized carbons (Fsp3) is 0.333. The third-order valence-electron chi connectivity index (χ3n) is 7.67. The van der Waals surface area contributed by atoms with Gasteiger partial charge in [0, 0.05) is 48.9 Å². The normalized spacial score (nSPS) is 19.3. The Kier molecular flexibility index (Phi) is 8.60. The average Bonchev–Trinajstić information content (AvgIpc) is 3.33. The van der Waals surface area contributed by atoms with E-state index >= 15 is 0 Å². The Morgan fingerprint density at radius 1 is 0.900 bits per heavy atom. The van der Waals surface area contributed by atoms with Gasteiger partial charge in [0.2, 0.25) is 5.91 Å². The van der Waals surface area contributed by atoms with Crippen molar-refractivity contribution in [3.8, 4) is 0 Å². The second-order valence-corrected chi connectivity index (χ2v) is 10.6. The largest absolute Gasteiger partial charge is 0.378 e. The van der Waals surface area contributed by atoms with E-state index in [2.05, 4.69) is 24.1 Å². The predicted molar refractivity (Wildman–Crippen MR) is 154 cm³/mol. The fourth-order valence-corrected chi connectivity index (χ4v) is 5.91. The molecule has 2 heterocycles. The van der Waals surface area contributed by atoms with Crippen molar-refractivity contribution in [3.05, 3.63) is 113 Å². The number of hydrogen-bond donors (Lipinski definition) is 1. The number of anilines is 1. The lowest BCUT2D eigenvalue weighted by molar-refractivity contribution is -0.135. The van der Waals surface area contributed by atoms with Crippen molar-refractivity contribution in [1.82, 2.24) is 9.80 Å². The molecule has 2 amide bonds. The molecular formula is C33H36FN3O3. The van der Waals surface area contributed by atoms with Gasteiger partial charge in [-0.15, -0.1) is 0 Å². The van der Waals surface area contributed by atoms with Crippen LogP contribution in [0.1, 0.15) is 43.4 Å². The number of benzene rings is 3. The standard InChI is InChI=1S/C33H36FN3O3/c1-23(2)31-30(33(39)35-27-11-7-4-8-12-27)29(24-9-5-3-6-10-24)32(25-13-15-26(34)16-14-25)37(31)18-17-28(38)36-19-21-40-22-20-36/h3-16,23,29,32H,17-22H2,1-2H3,(H,35,39). The second-order valence-electron chi connectivity index (χ2n) is 10.6. The third kappa shape index (κ3) is 5.94. The summed E-state index contributed by atoms with van der Waals surface area (Å²) in [5.74, 6) is -0.718. The number of amides is 2.